The lowest BCUT2D eigenvalue weighted by atomic mass is 10.1. The van der Waals surface area contributed by atoms with E-state index in [2.05, 4.69) is 10.6 Å². The van der Waals surface area contributed by atoms with Crippen LogP contribution in [0.1, 0.15) is 48.0 Å². The summed E-state index contributed by atoms with van der Waals surface area (Å²) in [5.74, 6) is -0.960. The van der Waals surface area contributed by atoms with Crippen molar-refractivity contribution < 1.29 is 23.9 Å². The number of benzene rings is 1. The summed E-state index contributed by atoms with van der Waals surface area (Å²) in [4.78, 5) is 53.6. The molecule has 0 aromatic heterocycles. The number of rotatable bonds is 5. The predicted octanol–water partition coefficient (Wildman–Crippen LogP) is 2.76. The molecular weight excluding hydrogens is 412 g/mol. The molecule has 2 atom stereocenters. The van der Waals surface area contributed by atoms with E-state index in [1.807, 2.05) is 13.8 Å². The maximum Gasteiger partial charge on any atom is 0.410 e. The minimum Gasteiger partial charge on any atom is -0.444 e. The zero-order valence-corrected chi connectivity index (χ0v) is 19.9. The number of amides is 4. The topological polar surface area (TPSA) is 108 Å². The van der Waals surface area contributed by atoms with Crippen LogP contribution in [0.2, 0.25) is 0 Å². The summed E-state index contributed by atoms with van der Waals surface area (Å²) in [6.45, 7) is 10.6. The fourth-order valence-electron chi connectivity index (χ4n) is 3.17. The van der Waals surface area contributed by atoms with Crippen molar-refractivity contribution in [1.29, 1.82) is 0 Å². The van der Waals surface area contributed by atoms with Crippen molar-refractivity contribution in [2.45, 2.75) is 65.6 Å². The molecule has 1 aromatic carbocycles. The Hall–Kier alpha value is -3.10. The van der Waals surface area contributed by atoms with Gasteiger partial charge in [0.25, 0.3) is 0 Å². The van der Waals surface area contributed by atoms with Crippen molar-refractivity contribution in [2.75, 3.05) is 23.8 Å². The summed E-state index contributed by atoms with van der Waals surface area (Å²) in [7, 11) is 1.46. The molecule has 1 heterocycles. The first-order valence-electron chi connectivity index (χ1n) is 10.8. The molecule has 9 heteroatoms. The van der Waals surface area contributed by atoms with E-state index in [4.69, 9.17) is 4.74 Å². The van der Waals surface area contributed by atoms with E-state index >= 15 is 0 Å². The van der Waals surface area contributed by atoms with Crippen molar-refractivity contribution in [3.63, 3.8) is 0 Å². The first-order chi connectivity index (χ1) is 14.8. The molecule has 1 aliphatic rings. The number of carbonyl (C=O) groups is 4. The van der Waals surface area contributed by atoms with Crippen LogP contribution in [-0.2, 0) is 19.1 Å². The molecule has 2 rings (SSSR count). The molecule has 0 saturated heterocycles. The van der Waals surface area contributed by atoms with Crippen LogP contribution in [0.5, 0.6) is 0 Å². The molecule has 1 unspecified atom stereocenters. The number of nitrogens with one attached hydrogen (secondary N) is 2. The first-order valence-corrected chi connectivity index (χ1v) is 10.8. The molecule has 32 heavy (non-hydrogen) atoms. The van der Waals surface area contributed by atoms with Gasteiger partial charge in [-0.2, -0.15) is 0 Å². The Morgan fingerprint density at radius 2 is 1.84 bits per heavy atom. The van der Waals surface area contributed by atoms with Gasteiger partial charge >= 0.3 is 6.09 Å². The molecule has 176 valence electrons. The molecule has 0 radical (unpaired) electrons. The van der Waals surface area contributed by atoms with Gasteiger partial charge in [0, 0.05) is 13.5 Å². The molecule has 1 aliphatic heterocycles. The van der Waals surface area contributed by atoms with Crippen molar-refractivity contribution in [3.8, 4) is 0 Å². The SMILES string of the molecule is CC(C)CC(=O)N1CC(NC(=O)[C@H](C)N(C)C(=O)OC(C)(C)C)C(=O)Nc2ccccc21. The van der Waals surface area contributed by atoms with Gasteiger partial charge in [-0.15, -0.1) is 0 Å². The number of ether oxygens (including phenoxy) is 1. The van der Waals surface area contributed by atoms with Crippen LogP contribution >= 0.6 is 0 Å². The Labute approximate surface area is 189 Å². The third-order valence-electron chi connectivity index (χ3n) is 4.98. The van der Waals surface area contributed by atoms with Crippen LogP contribution in [0.15, 0.2) is 24.3 Å². The molecule has 0 saturated carbocycles. The predicted molar refractivity (Wildman–Crippen MR) is 122 cm³/mol. The molecule has 1 aromatic rings. The Morgan fingerprint density at radius 1 is 1.22 bits per heavy atom. The molecule has 9 nitrogen and oxygen atoms in total. The summed E-state index contributed by atoms with van der Waals surface area (Å²) >= 11 is 0. The molecule has 4 amide bonds. The largest absolute Gasteiger partial charge is 0.444 e. The maximum absolute atomic E-state index is 12.9. The third-order valence-corrected chi connectivity index (χ3v) is 4.98. The molecule has 0 spiro atoms. The smallest absolute Gasteiger partial charge is 0.410 e. The van der Waals surface area contributed by atoms with Gasteiger partial charge in [0.2, 0.25) is 17.7 Å². The highest BCUT2D eigenvalue weighted by Crippen LogP contribution is 2.29. The summed E-state index contributed by atoms with van der Waals surface area (Å²) in [6.07, 6.45) is -0.340. The zero-order valence-electron chi connectivity index (χ0n) is 19.9. The average Bonchev–Trinajstić information content (AvgIpc) is 2.81. The van der Waals surface area contributed by atoms with Gasteiger partial charge < -0.3 is 20.3 Å². The second-order valence-electron chi connectivity index (χ2n) is 9.44. The minimum absolute atomic E-state index is 0.0109. The van der Waals surface area contributed by atoms with Gasteiger partial charge in [-0.3, -0.25) is 19.3 Å². The molecule has 2 N–H and O–H groups in total. The van der Waals surface area contributed by atoms with Crippen molar-refractivity contribution in [1.82, 2.24) is 10.2 Å². The number of hydrogen-bond donors (Lipinski definition) is 2. The number of para-hydroxylation sites is 2. The number of carbonyl (C=O) groups excluding carboxylic acids is 4. The average molecular weight is 447 g/mol. The Bertz CT molecular complexity index is 877. The summed E-state index contributed by atoms with van der Waals surface area (Å²) in [6, 6.07) is 5.16. The lowest BCUT2D eigenvalue weighted by Gasteiger charge is -2.30. The summed E-state index contributed by atoms with van der Waals surface area (Å²) in [5, 5.41) is 5.47. The minimum atomic E-state index is -0.986. The van der Waals surface area contributed by atoms with Crippen molar-refractivity contribution >= 4 is 35.2 Å². The highest BCUT2D eigenvalue weighted by atomic mass is 16.6. The van der Waals surface area contributed by atoms with Crippen LogP contribution in [-0.4, -0.2) is 60.0 Å². The van der Waals surface area contributed by atoms with E-state index in [0.29, 0.717) is 17.8 Å². The quantitative estimate of drug-likeness (QED) is 0.723. The highest BCUT2D eigenvalue weighted by Gasteiger charge is 2.34. The van der Waals surface area contributed by atoms with E-state index in [-0.39, 0.29) is 18.4 Å². The highest BCUT2D eigenvalue weighted by molar-refractivity contribution is 6.07. The normalized spacial score (nSPS) is 17.1. The fourth-order valence-corrected chi connectivity index (χ4v) is 3.17. The number of nitrogens with zero attached hydrogens (tertiary/aromatic N) is 2. The van der Waals surface area contributed by atoms with E-state index in [1.165, 1.54) is 16.8 Å². The van der Waals surface area contributed by atoms with Gasteiger partial charge in [0.05, 0.1) is 17.9 Å². The van der Waals surface area contributed by atoms with Crippen LogP contribution in [0.25, 0.3) is 0 Å². The Morgan fingerprint density at radius 3 is 2.44 bits per heavy atom. The van der Waals surface area contributed by atoms with Gasteiger partial charge in [-0.1, -0.05) is 26.0 Å². The number of anilines is 2. The van der Waals surface area contributed by atoms with E-state index in [9.17, 15) is 19.2 Å². The van der Waals surface area contributed by atoms with E-state index in [1.54, 1.807) is 52.0 Å². The van der Waals surface area contributed by atoms with Gasteiger partial charge in [0.15, 0.2) is 0 Å². The van der Waals surface area contributed by atoms with E-state index in [0.717, 1.165) is 0 Å². The number of fused-ring (bicyclic) bond motifs is 1. The van der Waals surface area contributed by atoms with E-state index < -0.39 is 35.6 Å². The Balaban J connectivity index is 2.20. The monoisotopic (exact) mass is 446 g/mol. The number of likely N-dealkylation sites (N-methyl/N-ethyl adjacent to an activating group) is 1. The second-order valence-corrected chi connectivity index (χ2v) is 9.44. The maximum atomic E-state index is 12.9. The van der Waals surface area contributed by atoms with Gasteiger partial charge in [-0.05, 0) is 45.7 Å². The lowest BCUT2D eigenvalue weighted by Crippen LogP contribution is -2.55. The lowest BCUT2D eigenvalue weighted by molar-refractivity contribution is -0.129. The molecule has 0 aliphatic carbocycles. The van der Waals surface area contributed by atoms with Gasteiger partial charge in [0.1, 0.15) is 17.7 Å². The van der Waals surface area contributed by atoms with Crippen LogP contribution < -0.4 is 15.5 Å². The first kappa shape index (κ1) is 25.2. The zero-order chi connectivity index (χ0) is 24.2. The van der Waals surface area contributed by atoms with Crippen molar-refractivity contribution in [3.05, 3.63) is 24.3 Å². The van der Waals surface area contributed by atoms with Crippen LogP contribution in [0, 0.1) is 5.92 Å². The molecule has 0 bridgehead atoms. The second kappa shape index (κ2) is 10.0. The van der Waals surface area contributed by atoms with Crippen LogP contribution in [0.4, 0.5) is 16.2 Å². The number of hydrogen-bond acceptors (Lipinski definition) is 5. The summed E-state index contributed by atoms with van der Waals surface area (Å²) < 4.78 is 5.30. The fraction of sp³-hybridized carbons (Fsp3) is 0.565. The van der Waals surface area contributed by atoms with Crippen molar-refractivity contribution in [2.24, 2.45) is 5.92 Å². The standard InChI is InChI=1S/C23H34N4O5/c1-14(2)12-19(28)27-13-17(21(30)24-16-10-8-9-11-18(16)27)25-20(29)15(3)26(7)22(31)32-23(4,5)6/h8-11,14-15,17H,12-13H2,1-7H3,(H,24,30)(H,25,29)/t15-,17?/m0/s1. The molecule has 0 fully saturated rings. The third kappa shape index (κ3) is 6.45. The Kier molecular flexibility index (Phi) is 7.87. The van der Waals surface area contributed by atoms with Gasteiger partial charge in [-0.25, -0.2) is 4.79 Å². The van der Waals surface area contributed by atoms with Crippen LogP contribution in [0.3, 0.4) is 0 Å². The molecular formula is C23H34N4O5. The summed E-state index contributed by atoms with van der Waals surface area (Å²) in [5.41, 5.74) is 0.388.